The molecular formula is C15H23N3O2. The van der Waals surface area contributed by atoms with E-state index in [-0.39, 0.29) is 17.7 Å². The Morgan fingerprint density at radius 1 is 1.15 bits per heavy atom. The van der Waals surface area contributed by atoms with Crippen LogP contribution in [0.3, 0.4) is 0 Å². The summed E-state index contributed by atoms with van der Waals surface area (Å²) < 4.78 is 0. The van der Waals surface area contributed by atoms with Crippen LogP contribution in [0.25, 0.3) is 0 Å². The van der Waals surface area contributed by atoms with Crippen molar-refractivity contribution in [2.24, 2.45) is 11.7 Å². The molecule has 2 amide bonds. The van der Waals surface area contributed by atoms with Crippen molar-refractivity contribution < 1.29 is 9.59 Å². The molecule has 1 rings (SSSR count). The second-order valence-corrected chi connectivity index (χ2v) is 5.07. The summed E-state index contributed by atoms with van der Waals surface area (Å²) in [5.41, 5.74) is 7.34. The van der Waals surface area contributed by atoms with Gasteiger partial charge in [0.1, 0.15) is 0 Å². The van der Waals surface area contributed by atoms with Crippen LogP contribution in [0.15, 0.2) is 24.3 Å². The van der Waals surface area contributed by atoms with E-state index in [1.807, 2.05) is 45.0 Å². The number of carbonyl (C=O) groups is 2. The highest BCUT2D eigenvalue weighted by Crippen LogP contribution is 2.11. The topological polar surface area (TPSA) is 84.2 Å². The molecule has 0 aliphatic heterocycles. The van der Waals surface area contributed by atoms with Gasteiger partial charge in [0.2, 0.25) is 11.8 Å². The zero-order valence-electron chi connectivity index (χ0n) is 12.3. The molecule has 0 aromatic heterocycles. The van der Waals surface area contributed by atoms with Crippen LogP contribution >= 0.6 is 0 Å². The lowest BCUT2D eigenvalue weighted by Gasteiger charge is -2.11. The standard InChI is InChI=1S/C15H23N3O2/c1-4-13(16)15(20)17-9-11-5-7-12(8-6-11)18-14(19)10(2)3/h5-8,10,13H,4,9,16H2,1-3H3,(H,17,20)(H,18,19)/t13-/m0/s1. The Hall–Kier alpha value is -1.88. The van der Waals surface area contributed by atoms with Gasteiger partial charge in [-0.1, -0.05) is 32.9 Å². The fourth-order valence-corrected chi connectivity index (χ4v) is 1.50. The highest BCUT2D eigenvalue weighted by atomic mass is 16.2. The zero-order valence-corrected chi connectivity index (χ0v) is 12.3. The van der Waals surface area contributed by atoms with Crippen LogP contribution in [0.2, 0.25) is 0 Å². The summed E-state index contributed by atoms with van der Waals surface area (Å²) in [6, 6.07) is 6.92. The van der Waals surface area contributed by atoms with Gasteiger partial charge in [0, 0.05) is 18.2 Å². The molecule has 5 nitrogen and oxygen atoms in total. The van der Waals surface area contributed by atoms with Gasteiger partial charge < -0.3 is 16.4 Å². The molecule has 0 bridgehead atoms. The van der Waals surface area contributed by atoms with Crippen LogP contribution in [0.5, 0.6) is 0 Å². The number of hydrogen-bond acceptors (Lipinski definition) is 3. The number of amides is 2. The minimum atomic E-state index is -0.459. The van der Waals surface area contributed by atoms with Gasteiger partial charge >= 0.3 is 0 Å². The maximum absolute atomic E-state index is 11.5. The van der Waals surface area contributed by atoms with Gasteiger partial charge in [-0.3, -0.25) is 9.59 Å². The van der Waals surface area contributed by atoms with Gasteiger partial charge in [0.25, 0.3) is 0 Å². The maximum atomic E-state index is 11.5. The molecule has 1 aromatic carbocycles. The Balaban J connectivity index is 2.51. The van der Waals surface area contributed by atoms with Gasteiger partial charge in [0.05, 0.1) is 6.04 Å². The molecule has 0 unspecified atom stereocenters. The summed E-state index contributed by atoms with van der Waals surface area (Å²) >= 11 is 0. The third kappa shape index (κ3) is 5.01. The predicted octanol–water partition coefficient (Wildman–Crippen LogP) is 1.63. The number of anilines is 1. The summed E-state index contributed by atoms with van der Waals surface area (Å²) in [5.74, 6) is -0.214. The van der Waals surface area contributed by atoms with Crippen molar-refractivity contribution in [1.82, 2.24) is 5.32 Å². The van der Waals surface area contributed by atoms with Gasteiger partial charge in [-0.15, -0.1) is 0 Å². The van der Waals surface area contributed by atoms with Crippen molar-refractivity contribution in [3.63, 3.8) is 0 Å². The monoisotopic (exact) mass is 277 g/mol. The fraction of sp³-hybridized carbons (Fsp3) is 0.467. The molecule has 0 fully saturated rings. The summed E-state index contributed by atoms with van der Waals surface area (Å²) in [5, 5.41) is 5.59. The number of benzene rings is 1. The summed E-state index contributed by atoms with van der Waals surface area (Å²) in [6.07, 6.45) is 0.617. The molecule has 0 saturated carbocycles. The Kier molecular flexibility index (Phi) is 6.18. The minimum Gasteiger partial charge on any atom is -0.351 e. The largest absolute Gasteiger partial charge is 0.351 e. The van der Waals surface area contributed by atoms with E-state index in [0.717, 1.165) is 11.3 Å². The molecular weight excluding hydrogens is 254 g/mol. The number of hydrogen-bond donors (Lipinski definition) is 3. The molecule has 20 heavy (non-hydrogen) atoms. The number of nitrogens with two attached hydrogens (primary N) is 1. The van der Waals surface area contributed by atoms with Crippen LogP contribution in [0, 0.1) is 5.92 Å². The molecule has 1 atom stereocenters. The molecule has 0 aliphatic carbocycles. The summed E-state index contributed by atoms with van der Waals surface area (Å²) in [4.78, 5) is 23.1. The summed E-state index contributed by atoms with van der Waals surface area (Å²) in [7, 11) is 0. The SMILES string of the molecule is CC[C@H](N)C(=O)NCc1ccc(NC(=O)C(C)C)cc1. The van der Waals surface area contributed by atoms with E-state index in [0.29, 0.717) is 13.0 Å². The molecule has 0 saturated heterocycles. The van der Waals surface area contributed by atoms with Gasteiger partial charge in [-0.25, -0.2) is 0 Å². The number of nitrogens with one attached hydrogen (secondary N) is 2. The lowest BCUT2D eigenvalue weighted by molar-refractivity contribution is -0.122. The van der Waals surface area contributed by atoms with Crippen LogP contribution in [-0.2, 0) is 16.1 Å². The molecule has 0 aliphatic rings. The maximum Gasteiger partial charge on any atom is 0.237 e. The Morgan fingerprint density at radius 3 is 2.25 bits per heavy atom. The van der Waals surface area contributed by atoms with Crippen molar-refractivity contribution in [3.8, 4) is 0 Å². The Bertz CT molecular complexity index is 455. The van der Waals surface area contributed by atoms with E-state index in [1.165, 1.54) is 0 Å². The average molecular weight is 277 g/mol. The lowest BCUT2D eigenvalue weighted by atomic mass is 10.1. The quantitative estimate of drug-likeness (QED) is 0.739. The highest BCUT2D eigenvalue weighted by molar-refractivity contribution is 5.92. The first-order valence-electron chi connectivity index (χ1n) is 6.87. The van der Waals surface area contributed by atoms with Gasteiger partial charge in [-0.2, -0.15) is 0 Å². The molecule has 0 radical (unpaired) electrons. The van der Waals surface area contributed by atoms with E-state index in [9.17, 15) is 9.59 Å². The van der Waals surface area contributed by atoms with Gasteiger partial charge in [0.15, 0.2) is 0 Å². The molecule has 110 valence electrons. The second kappa shape index (κ2) is 7.65. The number of rotatable bonds is 6. The zero-order chi connectivity index (χ0) is 15.1. The molecule has 5 heteroatoms. The molecule has 0 heterocycles. The molecule has 1 aromatic rings. The molecule has 4 N–H and O–H groups in total. The van der Waals surface area contributed by atoms with Crippen molar-refractivity contribution >= 4 is 17.5 Å². The molecule has 0 spiro atoms. The average Bonchev–Trinajstić information content (AvgIpc) is 2.45. The van der Waals surface area contributed by atoms with Crippen molar-refractivity contribution in [3.05, 3.63) is 29.8 Å². The van der Waals surface area contributed by atoms with Crippen LogP contribution in [0.4, 0.5) is 5.69 Å². The van der Waals surface area contributed by atoms with E-state index in [2.05, 4.69) is 10.6 Å². The predicted molar refractivity (Wildman–Crippen MR) is 80.0 cm³/mol. The minimum absolute atomic E-state index is 0.0139. The van der Waals surface area contributed by atoms with E-state index >= 15 is 0 Å². The second-order valence-electron chi connectivity index (χ2n) is 5.07. The van der Waals surface area contributed by atoms with E-state index in [1.54, 1.807) is 0 Å². The van der Waals surface area contributed by atoms with Crippen LogP contribution < -0.4 is 16.4 Å². The number of carbonyl (C=O) groups excluding carboxylic acids is 2. The van der Waals surface area contributed by atoms with Gasteiger partial charge in [-0.05, 0) is 24.1 Å². The highest BCUT2D eigenvalue weighted by Gasteiger charge is 2.10. The fourth-order valence-electron chi connectivity index (χ4n) is 1.50. The van der Waals surface area contributed by atoms with Crippen LogP contribution in [0.1, 0.15) is 32.8 Å². The van der Waals surface area contributed by atoms with E-state index in [4.69, 9.17) is 5.73 Å². The first-order valence-corrected chi connectivity index (χ1v) is 6.87. The Morgan fingerprint density at radius 2 is 1.75 bits per heavy atom. The van der Waals surface area contributed by atoms with Crippen molar-refractivity contribution in [2.75, 3.05) is 5.32 Å². The smallest absolute Gasteiger partial charge is 0.237 e. The first-order chi connectivity index (χ1) is 9.43. The first kappa shape index (κ1) is 16.2. The lowest BCUT2D eigenvalue weighted by Crippen LogP contribution is -2.39. The van der Waals surface area contributed by atoms with Crippen molar-refractivity contribution in [1.29, 1.82) is 0 Å². The summed E-state index contributed by atoms with van der Waals surface area (Å²) in [6.45, 7) is 5.99. The van der Waals surface area contributed by atoms with Crippen LogP contribution in [-0.4, -0.2) is 17.9 Å². The Labute approximate surface area is 119 Å². The normalized spacial score (nSPS) is 12.1. The van der Waals surface area contributed by atoms with E-state index < -0.39 is 6.04 Å². The van der Waals surface area contributed by atoms with Crippen molar-refractivity contribution in [2.45, 2.75) is 39.8 Å². The third-order valence-corrected chi connectivity index (χ3v) is 2.99. The third-order valence-electron chi connectivity index (χ3n) is 2.99.